The summed E-state index contributed by atoms with van der Waals surface area (Å²) in [6.45, 7) is 7.14. The quantitative estimate of drug-likeness (QED) is 0.513. The van der Waals surface area contributed by atoms with Crippen LogP contribution in [0.4, 0.5) is 0 Å². The van der Waals surface area contributed by atoms with Crippen molar-refractivity contribution in [3.8, 4) is 11.5 Å². The molecule has 1 aliphatic heterocycles. The maximum atomic E-state index is 13.8. The average molecular weight is 458 g/mol. The van der Waals surface area contributed by atoms with Gasteiger partial charge in [-0.2, -0.15) is 0 Å². The van der Waals surface area contributed by atoms with Gasteiger partial charge in [0.2, 0.25) is 0 Å². The van der Waals surface area contributed by atoms with E-state index in [4.69, 9.17) is 18.9 Å². The van der Waals surface area contributed by atoms with Crippen LogP contribution in [0, 0.1) is 11.8 Å². The highest BCUT2D eigenvalue weighted by molar-refractivity contribution is 6.12. The van der Waals surface area contributed by atoms with Gasteiger partial charge in [-0.25, -0.2) is 4.79 Å². The molecule has 0 saturated heterocycles. The highest BCUT2D eigenvalue weighted by Crippen LogP contribution is 2.49. The number of carbonyl (C=O) groups is 3. The van der Waals surface area contributed by atoms with Crippen molar-refractivity contribution in [2.45, 2.75) is 46.1 Å². The minimum atomic E-state index is -0.963. The van der Waals surface area contributed by atoms with E-state index in [0.717, 1.165) is 0 Å². The molecule has 33 heavy (non-hydrogen) atoms. The third kappa shape index (κ3) is 4.34. The molecule has 1 aromatic carbocycles. The van der Waals surface area contributed by atoms with Gasteiger partial charge in [0.05, 0.1) is 38.9 Å². The van der Waals surface area contributed by atoms with Crippen LogP contribution >= 0.6 is 0 Å². The normalized spacial score (nSPS) is 22.5. The highest BCUT2D eigenvalue weighted by Gasteiger charge is 2.48. The lowest BCUT2D eigenvalue weighted by Crippen LogP contribution is -2.43. The first kappa shape index (κ1) is 24.4. The van der Waals surface area contributed by atoms with Crippen LogP contribution in [-0.2, 0) is 23.9 Å². The molecule has 8 heteroatoms. The Morgan fingerprint density at radius 2 is 1.82 bits per heavy atom. The zero-order valence-corrected chi connectivity index (χ0v) is 20.1. The molecular weight excluding hydrogens is 426 g/mol. The van der Waals surface area contributed by atoms with E-state index in [1.807, 2.05) is 6.92 Å². The Morgan fingerprint density at radius 1 is 1.12 bits per heavy atom. The topological polar surface area (TPSA) is 100 Å². The molecular formula is C25H31NO7. The number of hydrogen-bond acceptors (Lipinski definition) is 8. The van der Waals surface area contributed by atoms with Crippen molar-refractivity contribution in [1.82, 2.24) is 5.32 Å². The number of carbonyl (C=O) groups excluding carboxylic acids is 3. The molecule has 3 rings (SSSR count). The van der Waals surface area contributed by atoms with Gasteiger partial charge in [0, 0.05) is 22.5 Å². The Bertz CT molecular complexity index is 1040. The number of hydrogen-bond donors (Lipinski definition) is 1. The fraction of sp³-hybridized carbons (Fsp3) is 0.480. The molecule has 0 spiro atoms. The monoisotopic (exact) mass is 457 g/mol. The Labute approximate surface area is 193 Å². The van der Waals surface area contributed by atoms with Crippen LogP contribution in [0.3, 0.4) is 0 Å². The van der Waals surface area contributed by atoms with Crippen LogP contribution in [0.5, 0.6) is 11.5 Å². The first-order valence-electron chi connectivity index (χ1n) is 10.9. The summed E-state index contributed by atoms with van der Waals surface area (Å²) >= 11 is 0. The fourth-order valence-electron chi connectivity index (χ4n) is 4.68. The summed E-state index contributed by atoms with van der Waals surface area (Å²) in [7, 11) is 4.29. The average Bonchev–Trinajstić information content (AvgIpc) is 2.76. The van der Waals surface area contributed by atoms with Crippen LogP contribution in [0.2, 0.25) is 0 Å². The largest absolute Gasteiger partial charge is 0.493 e. The number of ketones is 1. The summed E-state index contributed by atoms with van der Waals surface area (Å²) in [5, 5.41) is 3.24. The molecule has 3 atom stereocenters. The van der Waals surface area contributed by atoms with Gasteiger partial charge < -0.3 is 24.3 Å². The van der Waals surface area contributed by atoms with Gasteiger partial charge in [-0.15, -0.1) is 0 Å². The van der Waals surface area contributed by atoms with Crippen molar-refractivity contribution in [2.75, 3.05) is 21.3 Å². The van der Waals surface area contributed by atoms with Crippen molar-refractivity contribution >= 4 is 17.7 Å². The molecule has 0 saturated carbocycles. The number of dihydropyridines is 1. The molecule has 8 nitrogen and oxygen atoms in total. The Morgan fingerprint density at radius 3 is 2.39 bits per heavy atom. The van der Waals surface area contributed by atoms with Gasteiger partial charge in [-0.3, -0.25) is 9.59 Å². The van der Waals surface area contributed by atoms with Crippen molar-refractivity contribution in [1.29, 1.82) is 0 Å². The number of para-hydroxylation sites is 1. The molecule has 0 unspecified atom stereocenters. The summed E-state index contributed by atoms with van der Waals surface area (Å²) in [6, 6.07) is 5.30. The number of nitrogens with one attached hydrogen (secondary N) is 1. The van der Waals surface area contributed by atoms with E-state index in [9.17, 15) is 14.4 Å². The molecule has 2 aliphatic rings. The molecule has 0 radical (unpaired) electrons. The van der Waals surface area contributed by atoms with Gasteiger partial charge in [-0.1, -0.05) is 19.1 Å². The van der Waals surface area contributed by atoms with Crippen molar-refractivity contribution in [3.63, 3.8) is 0 Å². The summed E-state index contributed by atoms with van der Waals surface area (Å²) in [5.41, 5.74) is 2.48. The minimum absolute atomic E-state index is 0.263. The Hall–Kier alpha value is -3.29. The first-order chi connectivity index (χ1) is 15.7. The van der Waals surface area contributed by atoms with E-state index in [1.54, 1.807) is 39.0 Å². The second-order valence-corrected chi connectivity index (χ2v) is 8.57. The minimum Gasteiger partial charge on any atom is -0.493 e. The lowest BCUT2D eigenvalue weighted by molar-refractivity contribution is -0.151. The highest BCUT2D eigenvalue weighted by atomic mass is 16.5. The lowest BCUT2D eigenvalue weighted by atomic mass is 9.69. The summed E-state index contributed by atoms with van der Waals surface area (Å²) in [4.78, 5) is 39.5. The van der Waals surface area contributed by atoms with E-state index in [2.05, 4.69) is 5.32 Å². The number of Topliss-reactive ketones (excluding diaryl/α,β-unsaturated/α-hetero) is 1. The number of esters is 2. The van der Waals surface area contributed by atoms with Gasteiger partial charge in [0.1, 0.15) is 5.92 Å². The maximum Gasteiger partial charge on any atom is 0.337 e. The third-order valence-corrected chi connectivity index (χ3v) is 6.05. The number of rotatable bonds is 6. The Kier molecular flexibility index (Phi) is 7.15. The van der Waals surface area contributed by atoms with Crippen molar-refractivity contribution < 1.29 is 33.3 Å². The van der Waals surface area contributed by atoms with E-state index < -0.39 is 23.8 Å². The van der Waals surface area contributed by atoms with Crippen LogP contribution in [0.25, 0.3) is 0 Å². The van der Waals surface area contributed by atoms with Gasteiger partial charge in [0.25, 0.3) is 0 Å². The Balaban J connectivity index is 2.28. The van der Waals surface area contributed by atoms with Crippen LogP contribution in [0.1, 0.15) is 45.6 Å². The second kappa shape index (κ2) is 9.68. The van der Waals surface area contributed by atoms with Gasteiger partial charge in [-0.05, 0) is 39.2 Å². The second-order valence-electron chi connectivity index (χ2n) is 8.57. The molecule has 0 amide bonds. The summed E-state index contributed by atoms with van der Waals surface area (Å²) in [5.74, 6) is -2.67. The molecule has 1 aliphatic carbocycles. The summed E-state index contributed by atoms with van der Waals surface area (Å²) in [6.07, 6.45) is 0.0962. The van der Waals surface area contributed by atoms with E-state index in [-0.39, 0.29) is 17.8 Å². The maximum absolute atomic E-state index is 13.8. The lowest BCUT2D eigenvalue weighted by Gasteiger charge is -2.38. The SMILES string of the molecule is COC(=O)[C@@H]1C(=O)C2=C(C[C@H]1C)NC(C)=C(C(=O)OC(C)C)[C@H]2c1cccc(OC)c1OC. The van der Waals surface area contributed by atoms with Crippen LogP contribution in [0.15, 0.2) is 40.7 Å². The number of benzene rings is 1. The van der Waals surface area contributed by atoms with Gasteiger partial charge >= 0.3 is 11.9 Å². The van der Waals surface area contributed by atoms with Crippen molar-refractivity contribution in [2.24, 2.45) is 11.8 Å². The zero-order chi connectivity index (χ0) is 24.4. The molecule has 1 heterocycles. The summed E-state index contributed by atoms with van der Waals surface area (Å²) < 4.78 is 21.6. The molecule has 178 valence electrons. The molecule has 0 bridgehead atoms. The molecule has 1 N–H and O–H groups in total. The van der Waals surface area contributed by atoms with Crippen LogP contribution in [-0.4, -0.2) is 45.2 Å². The predicted octanol–water partition coefficient (Wildman–Crippen LogP) is 3.27. The van der Waals surface area contributed by atoms with Crippen LogP contribution < -0.4 is 14.8 Å². The standard InChI is InChI=1S/C25H31NO7/c1-12(2)33-25(29)19-14(4)26-16-11-13(3)18(24(28)32-7)22(27)21(16)20(19)15-9-8-10-17(30-5)23(15)31-6/h8-10,12-13,18,20,26H,11H2,1-7H3/t13-,18+,20-/m1/s1. The first-order valence-corrected chi connectivity index (χ1v) is 10.9. The molecule has 1 aromatic rings. The third-order valence-electron chi connectivity index (χ3n) is 6.05. The molecule has 0 aromatic heterocycles. The predicted molar refractivity (Wildman–Crippen MR) is 121 cm³/mol. The van der Waals surface area contributed by atoms with E-state index in [0.29, 0.717) is 46.0 Å². The van der Waals surface area contributed by atoms with E-state index >= 15 is 0 Å². The fourth-order valence-corrected chi connectivity index (χ4v) is 4.68. The molecule has 0 fully saturated rings. The number of allylic oxidation sites excluding steroid dienone is 3. The van der Waals surface area contributed by atoms with Crippen molar-refractivity contribution in [3.05, 3.63) is 46.3 Å². The smallest absolute Gasteiger partial charge is 0.337 e. The number of methoxy groups -OCH3 is 3. The number of ether oxygens (including phenoxy) is 4. The van der Waals surface area contributed by atoms with E-state index in [1.165, 1.54) is 21.3 Å². The zero-order valence-electron chi connectivity index (χ0n) is 20.1. The van der Waals surface area contributed by atoms with Gasteiger partial charge in [0.15, 0.2) is 17.3 Å².